The number of carbonyl (C=O) groups is 1. The molecule has 70 valence electrons. The summed E-state index contributed by atoms with van der Waals surface area (Å²) in [5, 5.41) is 0. The quantitative estimate of drug-likeness (QED) is 0.636. The van der Waals surface area contributed by atoms with E-state index in [0.717, 1.165) is 19.3 Å². The van der Waals surface area contributed by atoms with Gasteiger partial charge in [0.1, 0.15) is 6.10 Å². The molecule has 1 rings (SSSR count). The van der Waals surface area contributed by atoms with Gasteiger partial charge in [-0.05, 0) is 26.2 Å². The lowest BCUT2D eigenvalue weighted by molar-refractivity contribution is -0.148. The number of hydrogen-bond donors (Lipinski definition) is 1. The van der Waals surface area contributed by atoms with E-state index in [1.165, 1.54) is 0 Å². The van der Waals surface area contributed by atoms with Crippen LogP contribution in [0.3, 0.4) is 0 Å². The van der Waals surface area contributed by atoms with Gasteiger partial charge in [-0.15, -0.1) is 0 Å². The summed E-state index contributed by atoms with van der Waals surface area (Å²) in [6.45, 7) is 2.99. The van der Waals surface area contributed by atoms with E-state index in [2.05, 4.69) is 5.48 Å². The Morgan fingerprint density at radius 2 is 2.50 bits per heavy atom. The zero-order chi connectivity index (χ0) is 8.81. The van der Waals surface area contributed by atoms with Gasteiger partial charge in [-0.3, -0.25) is 9.63 Å². The molecule has 1 fully saturated rings. The molecule has 1 aliphatic rings. The molecule has 0 saturated carbocycles. The fraction of sp³-hybridized carbons (Fsp3) is 0.875. The fourth-order valence-electron chi connectivity index (χ4n) is 1.16. The van der Waals surface area contributed by atoms with Crippen molar-refractivity contribution in [3.8, 4) is 0 Å². The largest absolute Gasteiger partial charge is 0.368 e. The first-order chi connectivity index (χ1) is 5.84. The molecular formula is C8H15NO3. The molecule has 1 aliphatic heterocycles. The van der Waals surface area contributed by atoms with Crippen molar-refractivity contribution in [3.05, 3.63) is 0 Å². The first kappa shape index (κ1) is 9.48. The standard InChI is InChI=1S/C8H15NO3/c1-2-12-9-8(10)7-5-3-4-6-11-7/h7H,2-6H2,1H3,(H,9,10). The minimum atomic E-state index is -0.301. The van der Waals surface area contributed by atoms with Crippen molar-refractivity contribution < 1.29 is 14.4 Å². The third-order valence-electron chi connectivity index (χ3n) is 1.79. The van der Waals surface area contributed by atoms with Crippen LogP contribution in [0.15, 0.2) is 0 Å². The van der Waals surface area contributed by atoms with Crippen molar-refractivity contribution in [2.24, 2.45) is 0 Å². The number of hydroxylamine groups is 1. The Kier molecular flexibility index (Phi) is 4.04. The average Bonchev–Trinajstić information content (AvgIpc) is 2.15. The van der Waals surface area contributed by atoms with Crippen molar-refractivity contribution >= 4 is 5.91 Å². The van der Waals surface area contributed by atoms with E-state index in [-0.39, 0.29) is 12.0 Å². The summed E-state index contributed by atoms with van der Waals surface area (Å²) in [6.07, 6.45) is 2.62. The Balaban J connectivity index is 2.20. The van der Waals surface area contributed by atoms with Crippen molar-refractivity contribution in [3.63, 3.8) is 0 Å². The number of hydrogen-bond acceptors (Lipinski definition) is 3. The highest BCUT2D eigenvalue weighted by Crippen LogP contribution is 2.12. The van der Waals surface area contributed by atoms with Gasteiger partial charge in [-0.25, -0.2) is 5.48 Å². The Morgan fingerprint density at radius 1 is 1.67 bits per heavy atom. The first-order valence-corrected chi connectivity index (χ1v) is 4.38. The summed E-state index contributed by atoms with van der Waals surface area (Å²) in [5.74, 6) is -0.156. The molecule has 0 bridgehead atoms. The minimum absolute atomic E-state index is 0.156. The lowest BCUT2D eigenvalue weighted by Crippen LogP contribution is -2.38. The van der Waals surface area contributed by atoms with Gasteiger partial charge in [0.25, 0.3) is 5.91 Å². The van der Waals surface area contributed by atoms with Crippen LogP contribution >= 0.6 is 0 Å². The van der Waals surface area contributed by atoms with Crippen molar-refractivity contribution in [2.45, 2.75) is 32.3 Å². The van der Waals surface area contributed by atoms with E-state index in [0.29, 0.717) is 13.2 Å². The average molecular weight is 173 g/mol. The van der Waals surface area contributed by atoms with Crippen LogP contribution in [0.5, 0.6) is 0 Å². The van der Waals surface area contributed by atoms with Crippen molar-refractivity contribution in [1.82, 2.24) is 5.48 Å². The number of amides is 1. The van der Waals surface area contributed by atoms with Crippen LogP contribution in [-0.2, 0) is 14.4 Å². The van der Waals surface area contributed by atoms with Gasteiger partial charge in [0.15, 0.2) is 0 Å². The van der Waals surface area contributed by atoms with Crippen LogP contribution in [0.2, 0.25) is 0 Å². The van der Waals surface area contributed by atoms with Gasteiger partial charge in [0.05, 0.1) is 6.61 Å². The molecule has 4 nitrogen and oxygen atoms in total. The third-order valence-corrected chi connectivity index (χ3v) is 1.79. The third kappa shape index (κ3) is 2.79. The maximum absolute atomic E-state index is 11.2. The molecule has 0 spiro atoms. The van der Waals surface area contributed by atoms with E-state index < -0.39 is 0 Å². The van der Waals surface area contributed by atoms with Crippen molar-refractivity contribution in [1.29, 1.82) is 0 Å². The lowest BCUT2D eigenvalue weighted by Gasteiger charge is -2.20. The lowest BCUT2D eigenvalue weighted by atomic mass is 10.1. The molecule has 1 N–H and O–H groups in total. The summed E-state index contributed by atoms with van der Waals surface area (Å²) in [7, 11) is 0. The fourth-order valence-corrected chi connectivity index (χ4v) is 1.16. The molecule has 0 radical (unpaired) electrons. The van der Waals surface area contributed by atoms with Gasteiger partial charge in [0.2, 0.25) is 0 Å². The van der Waals surface area contributed by atoms with Crippen LogP contribution in [0.1, 0.15) is 26.2 Å². The molecule has 1 atom stereocenters. The zero-order valence-corrected chi connectivity index (χ0v) is 7.34. The Bertz CT molecular complexity index is 143. The highest BCUT2D eigenvalue weighted by Gasteiger charge is 2.21. The van der Waals surface area contributed by atoms with E-state index in [9.17, 15) is 4.79 Å². The van der Waals surface area contributed by atoms with E-state index >= 15 is 0 Å². The smallest absolute Gasteiger partial charge is 0.272 e. The maximum atomic E-state index is 11.2. The minimum Gasteiger partial charge on any atom is -0.368 e. The Hall–Kier alpha value is -0.610. The van der Waals surface area contributed by atoms with Gasteiger partial charge in [-0.1, -0.05) is 0 Å². The van der Waals surface area contributed by atoms with Crippen LogP contribution in [0, 0.1) is 0 Å². The van der Waals surface area contributed by atoms with Crippen LogP contribution < -0.4 is 5.48 Å². The summed E-state index contributed by atoms with van der Waals surface area (Å²) in [5.41, 5.74) is 2.34. The molecule has 12 heavy (non-hydrogen) atoms. The second-order valence-corrected chi connectivity index (χ2v) is 2.75. The van der Waals surface area contributed by atoms with Gasteiger partial charge in [0, 0.05) is 6.61 Å². The zero-order valence-electron chi connectivity index (χ0n) is 7.34. The highest BCUT2D eigenvalue weighted by molar-refractivity contribution is 5.79. The van der Waals surface area contributed by atoms with Gasteiger partial charge >= 0.3 is 0 Å². The molecule has 4 heteroatoms. The molecular weight excluding hydrogens is 158 g/mol. The second-order valence-electron chi connectivity index (χ2n) is 2.75. The highest BCUT2D eigenvalue weighted by atomic mass is 16.7. The molecule has 1 heterocycles. The van der Waals surface area contributed by atoms with Crippen LogP contribution in [0.25, 0.3) is 0 Å². The Morgan fingerprint density at radius 3 is 3.08 bits per heavy atom. The summed E-state index contributed by atoms with van der Waals surface area (Å²) in [6, 6.07) is 0. The SMILES string of the molecule is CCONC(=O)C1CCCCO1. The Labute approximate surface area is 72.2 Å². The van der Waals surface area contributed by atoms with E-state index in [1.807, 2.05) is 6.92 Å². The molecule has 1 unspecified atom stereocenters. The molecule has 0 aliphatic carbocycles. The van der Waals surface area contributed by atoms with E-state index in [1.54, 1.807) is 0 Å². The predicted molar refractivity (Wildman–Crippen MR) is 43.4 cm³/mol. The van der Waals surface area contributed by atoms with Gasteiger partial charge < -0.3 is 4.74 Å². The van der Waals surface area contributed by atoms with Crippen LogP contribution in [-0.4, -0.2) is 25.2 Å². The molecule has 0 aromatic rings. The predicted octanol–water partition coefficient (Wildman–Crippen LogP) is 0.623. The normalized spacial score (nSPS) is 23.6. The van der Waals surface area contributed by atoms with Crippen LogP contribution in [0.4, 0.5) is 0 Å². The summed E-state index contributed by atoms with van der Waals surface area (Å²) < 4.78 is 5.24. The number of nitrogens with one attached hydrogen (secondary N) is 1. The molecule has 1 saturated heterocycles. The summed E-state index contributed by atoms with van der Waals surface area (Å²) >= 11 is 0. The molecule has 1 amide bonds. The molecule has 0 aromatic heterocycles. The topological polar surface area (TPSA) is 47.6 Å². The van der Waals surface area contributed by atoms with Crippen molar-refractivity contribution in [2.75, 3.05) is 13.2 Å². The van der Waals surface area contributed by atoms with Gasteiger partial charge in [-0.2, -0.15) is 0 Å². The van der Waals surface area contributed by atoms with E-state index in [4.69, 9.17) is 9.57 Å². The monoisotopic (exact) mass is 173 g/mol. The number of carbonyl (C=O) groups excluding carboxylic acids is 1. The summed E-state index contributed by atoms with van der Waals surface area (Å²) in [4.78, 5) is 16.0. The number of ether oxygens (including phenoxy) is 1. The number of rotatable bonds is 3. The maximum Gasteiger partial charge on any atom is 0.272 e. The second kappa shape index (κ2) is 5.11. The molecule has 0 aromatic carbocycles. The first-order valence-electron chi connectivity index (χ1n) is 4.38.